The van der Waals surface area contributed by atoms with Gasteiger partial charge < -0.3 is 9.32 Å². The lowest BCUT2D eigenvalue weighted by Crippen LogP contribution is -2.26. The van der Waals surface area contributed by atoms with E-state index in [1.165, 1.54) is 93.5 Å². The van der Waals surface area contributed by atoms with Gasteiger partial charge in [-0.05, 0) is 148 Å². The Morgan fingerprint density at radius 3 is 1.49 bits per heavy atom. The Kier molecular flexibility index (Phi) is 8.02. The van der Waals surface area contributed by atoms with Gasteiger partial charge in [0, 0.05) is 33.4 Å². The molecular formula is C67H41NO. The van der Waals surface area contributed by atoms with E-state index in [0.29, 0.717) is 0 Å². The average Bonchev–Trinajstić information content (AvgIpc) is 4.04. The maximum absolute atomic E-state index is 7.13. The molecule has 1 aromatic heterocycles. The highest BCUT2D eigenvalue weighted by Gasteiger charge is 2.51. The van der Waals surface area contributed by atoms with Crippen LogP contribution in [0.15, 0.2) is 253 Å². The molecule has 0 radical (unpaired) electrons. The van der Waals surface area contributed by atoms with Crippen molar-refractivity contribution in [3.63, 3.8) is 0 Å². The Labute approximate surface area is 399 Å². The van der Waals surface area contributed by atoms with Crippen molar-refractivity contribution in [3.05, 3.63) is 271 Å². The Bertz CT molecular complexity index is 4190. The maximum atomic E-state index is 7.13. The van der Waals surface area contributed by atoms with Gasteiger partial charge in [0.15, 0.2) is 0 Å². The first-order valence-electron chi connectivity index (χ1n) is 23.9. The third-order valence-corrected chi connectivity index (χ3v) is 15.2. The van der Waals surface area contributed by atoms with Gasteiger partial charge in [-0.15, -0.1) is 0 Å². The second kappa shape index (κ2) is 14.5. The number of anilines is 3. The zero-order valence-corrected chi connectivity index (χ0v) is 37.5. The number of fused-ring (bicyclic) bond motifs is 17. The van der Waals surface area contributed by atoms with E-state index >= 15 is 0 Å². The molecule has 2 aliphatic carbocycles. The molecule has 1 spiro atoms. The summed E-state index contributed by atoms with van der Waals surface area (Å²) in [6, 6.07) is 91.7. The molecule has 0 bridgehead atoms. The van der Waals surface area contributed by atoms with Crippen LogP contribution in [0.1, 0.15) is 22.3 Å². The van der Waals surface area contributed by atoms with Gasteiger partial charge in [-0.25, -0.2) is 0 Å². The van der Waals surface area contributed by atoms with E-state index in [2.05, 4.69) is 254 Å². The number of benzene rings is 12. The van der Waals surface area contributed by atoms with E-state index in [-0.39, 0.29) is 0 Å². The van der Waals surface area contributed by atoms with Crippen LogP contribution in [0, 0.1) is 0 Å². The number of hydrogen-bond donors (Lipinski definition) is 0. The molecule has 0 unspecified atom stereocenters. The SMILES string of the molecule is c1ccc(-c2ccc(N(c3ccc4c(c3)C3(c5ccccc5-c5ccccc53)c3ccccc3-4)c3ccc4oc5c(-c6cc7ccccc7c7ccccc67)c6ccccc6cc5c4c3)cc2)cc1. The largest absolute Gasteiger partial charge is 0.455 e. The summed E-state index contributed by atoms with van der Waals surface area (Å²) < 4.78 is 7.13. The highest BCUT2D eigenvalue weighted by Crippen LogP contribution is 2.63. The molecule has 13 aromatic rings. The highest BCUT2D eigenvalue weighted by molar-refractivity contribution is 6.24. The number of furan rings is 1. The van der Waals surface area contributed by atoms with Gasteiger partial charge in [0.2, 0.25) is 0 Å². The van der Waals surface area contributed by atoms with E-state index in [9.17, 15) is 0 Å². The quantitative estimate of drug-likeness (QED) is 0.160. The Morgan fingerprint density at radius 1 is 0.290 bits per heavy atom. The van der Waals surface area contributed by atoms with Crippen LogP contribution in [-0.4, -0.2) is 0 Å². The fourth-order valence-electron chi connectivity index (χ4n) is 12.3. The molecule has 0 atom stereocenters. The smallest absolute Gasteiger partial charge is 0.143 e. The lowest BCUT2D eigenvalue weighted by atomic mass is 9.70. The minimum absolute atomic E-state index is 0.465. The molecule has 15 rings (SSSR count). The van der Waals surface area contributed by atoms with Gasteiger partial charge in [-0.3, -0.25) is 0 Å². The third kappa shape index (κ3) is 5.37. The van der Waals surface area contributed by atoms with Crippen molar-refractivity contribution in [1.29, 1.82) is 0 Å². The fourth-order valence-corrected chi connectivity index (χ4v) is 12.3. The Balaban J connectivity index is 0.979. The lowest BCUT2D eigenvalue weighted by molar-refractivity contribution is 0.670. The highest BCUT2D eigenvalue weighted by atomic mass is 16.3. The third-order valence-electron chi connectivity index (χ3n) is 15.2. The summed E-state index contributed by atoms with van der Waals surface area (Å²) >= 11 is 0. The minimum atomic E-state index is -0.465. The first-order valence-corrected chi connectivity index (χ1v) is 23.9. The van der Waals surface area contributed by atoms with Crippen LogP contribution in [0.3, 0.4) is 0 Å². The zero-order valence-electron chi connectivity index (χ0n) is 37.5. The monoisotopic (exact) mass is 875 g/mol. The maximum Gasteiger partial charge on any atom is 0.143 e. The summed E-state index contributed by atoms with van der Waals surface area (Å²) in [6.07, 6.45) is 0. The van der Waals surface area contributed by atoms with Crippen molar-refractivity contribution < 1.29 is 4.42 Å². The van der Waals surface area contributed by atoms with Crippen LogP contribution in [-0.2, 0) is 5.41 Å². The Morgan fingerprint density at radius 2 is 0.797 bits per heavy atom. The molecule has 69 heavy (non-hydrogen) atoms. The second-order valence-electron chi connectivity index (χ2n) is 18.7. The summed E-state index contributed by atoms with van der Waals surface area (Å²) in [5.41, 5.74) is 19.7. The molecule has 2 heteroatoms. The summed E-state index contributed by atoms with van der Waals surface area (Å²) in [5, 5.41) is 9.44. The van der Waals surface area contributed by atoms with Crippen molar-refractivity contribution in [2.75, 3.05) is 4.90 Å². The first kappa shape index (κ1) is 38.2. The van der Waals surface area contributed by atoms with E-state index < -0.39 is 5.41 Å². The summed E-state index contributed by atoms with van der Waals surface area (Å²) in [5.74, 6) is 0. The van der Waals surface area contributed by atoms with Crippen molar-refractivity contribution in [3.8, 4) is 44.5 Å². The number of rotatable bonds is 5. The minimum Gasteiger partial charge on any atom is -0.455 e. The normalized spacial score (nSPS) is 13.0. The average molecular weight is 876 g/mol. The standard InChI is InChI=1S/C67H41NO/c1-2-16-42(17-3-1)43-30-32-46(33-31-43)68(48-34-36-56-55-26-12-15-29-62(55)67(63(56)41-48)60-27-13-10-24-53(60)54-25-11-14-28-61(54)67)47-35-37-64-57(40-47)59-39-45-19-5-7-21-50(45)65(66(59)69-64)58-38-44-18-4-6-20-49(44)51-22-8-9-23-52(51)58/h1-41H. The molecule has 0 fully saturated rings. The topological polar surface area (TPSA) is 16.4 Å². The van der Waals surface area contributed by atoms with Crippen LogP contribution >= 0.6 is 0 Å². The molecular weight excluding hydrogens is 835 g/mol. The van der Waals surface area contributed by atoms with Crippen molar-refractivity contribution >= 4 is 71.3 Å². The fraction of sp³-hybridized carbons (Fsp3) is 0.0149. The van der Waals surface area contributed by atoms with Crippen molar-refractivity contribution in [2.24, 2.45) is 0 Å². The molecule has 2 aliphatic rings. The van der Waals surface area contributed by atoms with Gasteiger partial charge in [0.1, 0.15) is 11.2 Å². The second-order valence-corrected chi connectivity index (χ2v) is 18.7. The van der Waals surface area contributed by atoms with Crippen LogP contribution in [0.5, 0.6) is 0 Å². The molecule has 0 N–H and O–H groups in total. The summed E-state index contributed by atoms with van der Waals surface area (Å²) in [4.78, 5) is 2.44. The van der Waals surface area contributed by atoms with E-state index in [1.807, 2.05) is 0 Å². The molecule has 12 aromatic carbocycles. The molecule has 0 amide bonds. The molecule has 0 saturated carbocycles. The molecule has 320 valence electrons. The van der Waals surface area contributed by atoms with Gasteiger partial charge in [-0.2, -0.15) is 0 Å². The van der Waals surface area contributed by atoms with Crippen molar-refractivity contribution in [1.82, 2.24) is 0 Å². The van der Waals surface area contributed by atoms with Crippen LogP contribution in [0.4, 0.5) is 17.1 Å². The first-order chi connectivity index (χ1) is 34.2. The predicted octanol–water partition coefficient (Wildman–Crippen LogP) is 18.2. The zero-order chi connectivity index (χ0) is 45.2. The van der Waals surface area contributed by atoms with Gasteiger partial charge in [0.05, 0.1) is 5.41 Å². The van der Waals surface area contributed by atoms with Gasteiger partial charge in [0.25, 0.3) is 0 Å². The summed E-state index contributed by atoms with van der Waals surface area (Å²) in [7, 11) is 0. The van der Waals surface area contributed by atoms with Gasteiger partial charge >= 0.3 is 0 Å². The summed E-state index contributed by atoms with van der Waals surface area (Å²) in [6.45, 7) is 0. The number of hydrogen-bond acceptors (Lipinski definition) is 2. The molecule has 1 heterocycles. The van der Waals surface area contributed by atoms with Gasteiger partial charge in [-0.1, -0.05) is 194 Å². The van der Waals surface area contributed by atoms with E-state index in [4.69, 9.17) is 4.42 Å². The van der Waals surface area contributed by atoms with Crippen molar-refractivity contribution in [2.45, 2.75) is 5.41 Å². The van der Waals surface area contributed by atoms with Crippen LogP contribution in [0.25, 0.3) is 98.8 Å². The lowest BCUT2D eigenvalue weighted by Gasteiger charge is -2.32. The number of nitrogens with zero attached hydrogens (tertiary/aromatic N) is 1. The van der Waals surface area contributed by atoms with E-state index in [0.717, 1.165) is 44.6 Å². The molecule has 2 nitrogen and oxygen atoms in total. The van der Waals surface area contributed by atoms with Crippen LogP contribution in [0.2, 0.25) is 0 Å². The van der Waals surface area contributed by atoms with E-state index in [1.54, 1.807) is 0 Å². The Hall–Kier alpha value is -8.98. The predicted molar refractivity (Wildman–Crippen MR) is 288 cm³/mol. The molecule has 0 saturated heterocycles. The molecule has 0 aliphatic heterocycles. The van der Waals surface area contributed by atoms with Crippen LogP contribution < -0.4 is 4.90 Å².